The molecule has 0 saturated carbocycles. The van der Waals surface area contributed by atoms with Crippen molar-refractivity contribution in [1.82, 2.24) is 20.4 Å². The van der Waals surface area contributed by atoms with Gasteiger partial charge in [-0.15, -0.1) is 0 Å². The average molecular weight is 329 g/mol. The summed E-state index contributed by atoms with van der Waals surface area (Å²) in [5.41, 5.74) is 4.61. The minimum absolute atomic E-state index is 0.626. The summed E-state index contributed by atoms with van der Waals surface area (Å²) >= 11 is 0. The van der Waals surface area contributed by atoms with Gasteiger partial charge < -0.3 is 15.4 Å². The molecule has 0 saturated heterocycles. The molecule has 6 nitrogen and oxygen atoms in total. The summed E-state index contributed by atoms with van der Waals surface area (Å²) in [5, 5.41) is 11.0. The smallest absolute Gasteiger partial charge is 0.191 e. The molecule has 0 unspecified atom stereocenters. The minimum atomic E-state index is 0.626. The van der Waals surface area contributed by atoms with Crippen molar-refractivity contribution in [3.05, 3.63) is 52.8 Å². The molecule has 0 radical (unpaired) electrons. The maximum absolute atomic E-state index is 5.66. The summed E-state index contributed by atoms with van der Waals surface area (Å²) in [4.78, 5) is 4.24. The van der Waals surface area contributed by atoms with Crippen molar-refractivity contribution < 1.29 is 4.74 Å². The molecule has 0 aliphatic rings. The van der Waals surface area contributed by atoms with Crippen LogP contribution in [0.3, 0.4) is 0 Å². The first-order chi connectivity index (χ1) is 11.6. The highest BCUT2D eigenvalue weighted by Gasteiger charge is 2.09. The van der Waals surface area contributed by atoms with Crippen LogP contribution in [-0.4, -0.2) is 35.9 Å². The van der Waals surface area contributed by atoms with E-state index in [-0.39, 0.29) is 0 Å². The average Bonchev–Trinajstić information content (AvgIpc) is 2.83. The van der Waals surface area contributed by atoms with Gasteiger partial charge in [-0.3, -0.25) is 9.67 Å². The van der Waals surface area contributed by atoms with E-state index in [4.69, 9.17) is 4.74 Å². The van der Waals surface area contributed by atoms with E-state index in [0.717, 1.165) is 11.7 Å². The SMILES string of the molecule is CN=C(NCCOCc1ccccc1)NCc1c(C)nn(C)c1C. The maximum Gasteiger partial charge on any atom is 0.191 e. The van der Waals surface area contributed by atoms with Crippen LogP contribution in [0.4, 0.5) is 0 Å². The Balaban J connectivity index is 1.69. The fourth-order valence-corrected chi connectivity index (χ4v) is 2.47. The van der Waals surface area contributed by atoms with E-state index in [1.807, 2.05) is 36.9 Å². The largest absolute Gasteiger partial charge is 0.375 e. The van der Waals surface area contributed by atoms with E-state index in [1.165, 1.54) is 16.8 Å². The Hall–Kier alpha value is -2.34. The Morgan fingerprint density at radius 3 is 2.58 bits per heavy atom. The number of rotatable bonds is 7. The van der Waals surface area contributed by atoms with Gasteiger partial charge in [0.15, 0.2) is 5.96 Å². The summed E-state index contributed by atoms with van der Waals surface area (Å²) in [6.45, 7) is 6.76. The maximum atomic E-state index is 5.66. The highest BCUT2D eigenvalue weighted by Crippen LogP contribution is 2.10. The molecule has 2 rings (SSSR count). The van der Waals surface area contributed by atoms with Gasteiger partial charge in [0.1, 0.15) is 0 Å². The number of ether oxygens (including phenoxy) is 1. The molecule has 0 aliphatic carbocycles. The van der Waals surface area contributed by atoms with Crippen molar-refractivity contribution in [2.45, 2.75) is 27.0 Å². The number of aryl methyl sites for hydroxylation is 2. The molecule has 0 spiro atoms. The molecule has 24 heavy (non-hydrogen) atoms. The van der Waals surface area contributed by atoms with Crippen molar-refractivity contribution >= 4 is 5.96 Å². The zero-order valence-corrected chi connectivity index (χ0v) is 15.0. The van der Waals surface area contributed by atoms with Crippen molar-refractivity contribution in [3.63, 3.8) is 0 Å². The van der Waals surface area contributed by atoms with Gasteiger partial charge >= 0.3 is 0 Å². The van der Waals surface area contributed by atoms with Gasteiger partial charge in [-0.1, -0.05) is 30.3 Å². The van der Waals surface area contributed by atoms with E-state index in [2.05, 4.69) is 39.8 Å². The van der Waals surface area contributed by atoms with Crippen LogP contribution in [0.2, 0.25) is 0 Å². The number of hydrogen-bond acceptors (Lipinski definition) is 3. The van der Waals surface area contributed by atoms with Crippen LogP contribution in [0.1, 0.15) is 22.5 Å². The first kappa shape index (κ1) is 18.0. The Morgan fingerprint density at radius 1 is 1.21 bits per heavy atom. The van der Waals surface area contributed by atoms with Crippen LogP contribution < -0.4 is 10.6 Å². The fraction of sp³-hybridized carbons (Fsp3) is 0.444. The van der Waals surface area contributed by atoms with Crippen molar-refractivity contribution in [2.24, 2.45) is 12.0 Å². The molecule has 130 valence electrons. The van der Waals surface area contributed by atoms with Gasteiger partial charge in [-0.2, -0.15) is 5.10 Å². The molecule has 2 aromatic rings. The summed E-state index contributed by atoms with van der Waals surface area (Å²) < 4.78 is 7.56. The second-order valence-electron chi connectivity index (χ2n) is 5.66. The number of benzene rings is 1. The first-order valence-electron chi connectivity index (χ1n) is 8.17. The fourth-order valence-electron chi connectivity index (χ4n) is 2.47. The van der Waals surface area contributed by atoms with Gasteiger partial charge in [0, 0.05) is 38.4 Å². The molecule has 0 bridgehead atoms. The monoisotopic (exact) mass is 329 g/mol. The number of nitrogens with one attached hydrogen (secondary N) is 2. The lowest BCUT2D eigenvalue weighted by Gasteiger charge is -2.12. The summed E-state index contributed by atoms with van der Waals surface area (Å²) in [6.07, 6.45) is 0. The molecule has 1 aromatic heterocycles. The van der Waals surface area contributed by atoms with Crippen LogP contribution in [0, 0.1) is 13.8 Å². The van der Waals surface area contributed by atoms with Crippen molar-refractivity contribution in [1.29, 1.82) is 0 Å². The zero-order chi connectivity index (χ0) is 17.4. The van der Waals surface area contributed by atoms with Gasteiger partial charge in [0.25, 0.3) is 0 Å². The summed E-state index contributed by atoms with van der Waals surface area (Å²) in [6, 6.07) is 10.2. The molecular weight excluding hydrogens is 302 g/mol. The molecule has 6 heteroatoms. The van der Waals surface area contributed by atoms with E-state index < -0.39 is 0 Å². The minimum Gasteiger partial charge on any atom is -0.375 e. The van der Waals surface area contributed by atoms with Crippen molar-refractivity contribution in [3.8, 4) is 0 Å². The van der Waals surface area contributed by atoms with Crippen LogP contribution >= 0.6 is 0 Å². The standard InChI is InChI=1S/C18H27N5O/c1-14-17(15(2)23(4)22-14)12-21-18(19-3)20-10-11-24-13-16-8-6-5-7-9-16/h5-9H,10-13H2,1-4H3,(H2,19,20,21). The summed E-state index contributed by atoms with van der Waals surface area (Å²) in [7, 11) is 3.73. The number of aromatic nitrogens is 2. The van der Waals surface area contributed by atoms with Gasteiger partial charge in [-0.25, -0.2) is 0 Å². The molecule has 1 aromatic carbocycles. The van der Waals surface area contributed by atoms with Crippen molar-refractivity contribution in [2.75, 3.05) is 20.2 Å². The van der Waals surface area contributed by atoms with E-state index in [1.54, 1.807) is 7.05 Å². The predicted molar refractivity (Wildman–Crippen MR) is 97.0 cm³/mol. The molecule has 0 fully saturated rings. The number of nitrogens with zero attached hydrogens (tertiary/aromatic N) is 3. The number of guanidine groups is 1. The zero-order valence-electron chi connectivity index (χ0n) is 15.0. The van der Waals surface area contributed by atoms with E-state index in [0.29, 0.717) is 26.3 Å². The van der Waals surface area contributed by atoms with Crippen LogP contribution in [0.15, 0.2) is 35.3 Å². The van der Waals surface area contributed by atoms with Crippen LogP contribution in [0.5, 0.6) is 0 Å². The third-order valence-electron chi connectivity index (χ3n) is 3.97. The van der Waals surface area contributed by atoms with Gasteiger partial charge in [0.05, 0.1) is 18.9 Å². The highest BCUT2D eigenvalue weighted by molar-refractivity contribution is 5.79. The van der Waals surface area contributed by atoms with E-state index in [9.17, 15) is 0 Å². The lowest BCUT2D eigenvalue weighted by atomic mass is 10.2. The highest BCUT2D eigenvalue weighted by atomic mass is 16.5. The Morgan fingerprint density at radius 2 is 1.96 bits per heavy atom. The second-order valence-corrected chi connectivity index (χ2v) is 5.66. The third kappa shape index (κ3) is 5.09. The van der Waals surface area contributed by atoms with Crippen LogP contribution in [-0.2, 0) is 24.9 Å². The Bertz CT molecular complexity index is 664. The normalized spacial score (nSPS) is 11.6. The lowest BCUT2D eigenvalue weighted by Crippen LogP contribution is -2.38. The molecule has 0 aliphatic heterocycles. The quantitative estimate of drug-likeness (QED) is 0.463. The molecular formula is C18H27N5O. The molecule has 0 atom stereocenters. The Kier molecular flexibility index (Phi) is 6.81. The lowest BCUT2D eigenvalue weighted by molar-refractivity contribution is 0.125. The molecule has 1 heterocycles. The molecule has 2 N–H and O–H groups in total. The number of aliphatic imine (C=N–C) groups is 1. The number of hydrogen-bond donors (Lipinski definition) is 2. The molecule has 0 amide bonds. The first-order valence-corrected chi connectivity index (χ1v) is 8.17. The van der Waals surface area contributed by atoms with Gasteiger partial charge in [0.2, 0.25) is 0 Å². The van der Waals surface area contributed by atoms with Gasteiger partial charge in [-0.05, 0) is 19.4 Å². The van der Waals surface area contributed by atoms with E-state index >= 15 is 0 Å². The second kappa shape index (κ2) is 9.08. The van der Waals surface area contributed by atoms with Crippen LogP contribution in [0.25, 0.3) is 0 Å². The topological polar surface area (TPSA) is 63.5 Å². The Labute approximate surface area is 143 Å². The third-order valence-corrected chi connectivity index (χ3v) is 3.97. The predicted octanol–water partition coefficient (Wildman–Crippen LogP) is 1.92. The summed E-state index contributed by atoms with van der Waals surface area (Å²) in [5.74, 6) is 0.765.